The van der Waals surface area contributed by atoms with E-state index in [0.717, 1.165) is 22.5 Å². The fourth-order valence-corrected chi connectivity index (χ4v) is 4.35. The van der Waals surface area contributed by atoms with Crippen molar-refractivity contribution in [3.8, 4) is 11.4 Å². The first kappa shape index (κ1) is 19.5. The van der Waals surface area contributed by atoms with E-state index in [1.54, 1.807) is 24.3 Å². The molecule has 0 saturated carbocycles. The number of carbonyl (C=O) groups is 1. The number of carboxylic acids is 1. The first-order chi connectivity index (χ1) is 13.8. The second-order valence-electron chi connectivity index (χ2n) is 8.27. The number of carboxylic acid groups (broad SMARTS) is 1. The highest BCUT2D eigenvalue weighted by Crippen LogP contribution is 2.42. The number of aromatic hydroxyl groups is 1. The summed E-state index contributed by atoms with van der Waals surface area (Å²) < 4.78 is 21.4. The van der Waals surface area contributed by atoms with E-state index in [1.807, 2.05) is 24.5 Å². The maximum absolute atomic E-state index is 13.6. The highest BCUT2D eigenvalue weighted by Gasteiger charge is 2.35. The van der Waals surface area contributed by atoms with Crippen molar-refractivity contribution in [2.24, 2.45) is 5.92 Å². The summed E-state index contributed by atoms with van der Waals surface area (Å²) in [7, 11) is 0. The Morgan fingerprint density at radius 2 is 1.93 bits per heavy atom. The second-order valence-corrected chi connectivity index (χ2v) is 8.27. The maximum atomic E-state index is 13.6. The summed E-state index contributed by atoms with van der Waals surface area (Å²) in [6.45, 7) is 4.86. The van der Waals surface area contributed by atoms with E-state index in [-0.39, 0.29) is 11.6 Å². The van der Waals surface area contributed by atoms with E-state index in [1.165, 1.54) is 12.1 Å². The van der Waals surface area contributed by atoms with Gasteiger partial charge in [-0.2, -0.15) is 0 Å². The quantitative estimate of drug-likeness (QED) is 0.672. The number of hydrogen-bond donors (Lipinski definition) is 2. The Morgan fingerprint density at radius 3 is 2.62 bits per heavy atom. The first-order valence-electron chi connectivity index (χ1n) is 9.72. The van der Waals surface area contributed by atoms with E-state index in [9.17, 15) is 19.4 Å². The molecule has 2 N–H and O–H groups in total. The molecular formula is C23H24FNO4. The number of nitrogens with zero attached hydrogens (tertiary/aromatic N) is 1. The molecule has 6 heteroatoms. The molecule has 152 valence electrons. The summed E-state index contributed by atoms with van der Waals surface area (Å²) in [4.78, 5) is 11.9. The Labute approximate surface area is 168 Å². The van der Waals surface area contributed by atoms with Gasteiger partial charge in [-0.3, -0.25) is 4.79 Å². The smallest absolute Gasteiger partial charge is 0.306 e. The molecule has 3 aromatic rings. The van der Waals surface area contributed by atoms with Gasteiger partial charge in [-0.05, 0) is 54.8 Å². The number of aromatic nitrogens is 1. The average molecular weight is 397 g/mol. The van der Waals surface area contributed by atoms with Gasteiger partial charge in [0.2, 0.25) is 0 Å². The molecule has 0 bridgehead atoms. The van der Waals surface area contributed by atoms with Crippen molar-refractivity contribution in [2.45, 2.75) is 32.1 Å². The van der Waals surface area contributed by atoms with Crippen LogP contribution in [0.2, 0.25) is 0 Å². The Balaban J connectivity index is 2.09. The van der Waals surface area contributed by atoms with Crippen LogP contribution in [-0.2, 0) is 21.4 Å². The number of benzene rings is 2. The van der Waals surface area contributed by atoms with Crippen LogP contribution in [0.1, 0.15) is 31.5 Å². The van der Waals surface area contributed by atoms with Gasteiger partial charge in [0.05, 0.1) is 18.0 Å². The first-order valence-corrected chi connectivity index (χ1v) is 9.72. The van der Waals surface area contributed by atoms with Gasteiger partial charge in [-0.25, -0.2) is 4.39 Å². The summed E-state index contributed by atoms with van der Waals surface area (Å²) in [6, 6.07) is 11.4. The predicted octanol–water partition coefficient (Wildman–Crippen LogP) is 4.42. The van der Waals surface area contributed by atoms with Crippen LogP contribution in [-0.4, -0.2) is 34.0 Å². The molecule has 1 aromatic heterocycles. The number of halogens is 1. The lowest BCUT2D eigenvalue weighted by Crippen LogP contribution is -2.28. The lowest BCUT2D eigenvalue weighted by atomic mass is 9.84. The lowest BCUT2D eigenvalue weighted by molar-refractivity contribution is -0.142. The van der Waals surface area contributed by atoms with Gasteiger partial charge in [0.25, 0.3) is 0 Å². The zero-order chi connectivity index (χ0) is 20.8. The third-order valence-corrected chi connectivity index (χ3v) is 5.67. The Bertz CT molecular complexity index is 1070. The molecule has 0 radical (unpaired) electrons. The third kappa shape index (κ3) is 3.38. The summed E-state index contributed by atoms with van der Waals surface area (Å²) in [6.07, 6.45) is 0.696. The number of hydrogen-bond acceptors (Lipinski definition) is 3. The Hall–Kier alpha value is -2.86. The molecule has 0 spiro atoms. The van der Waals surface area contributed by atoms with Crippen LogP contribution in [0.4, 0.5) is 4.39 Å². The minimum atomic E-state index is -0.877. The van der Waals surface area contributed by atoms with Crippen molar-refractivity contribution in [1.29, 1.82) is 0 Å². The van der Waals surface area contributed by atoms with Crippen molar-refractivity contribution >= 4 is 16.9 Å². The van der Waals surface area contributed by atoms with Gasteiger partial charge in [0.1, 0.15) is 11.6 Å². The van der Waals surface area contributed by atoms with Crippen LogP contribution in [0.5, 0.6) is 5.75 Å². The van der Waals surface area contributed by atoms with Crippen molar-refractivity contribution in [1.82, 2.24) is 4.57 Å². The zero-order valence-corrected chi connectivity index (χ0v) is 16.5. The van der Waals surface area contributed by atoms with Crippen LogP contribution in [0.3, 0.4) is 0 Å². The summed E-state index contributed by atoms with van der Waals surface area (Å²) >= 11 is 0. The predicted molar refractivity (Wildman–Crippen MR) is 108 cm³/mol. The number of fused-ring (bicyclic) bond motifs is 3. The van der Waals surface area contributed by atoms with E-state index < -0.39 is 17.3 Å². The molecule has 0 aliphatic carbocycles. The molecule has 1 atom stereocenters. The third-order valence-electron chi connectivity index (χ3n) is 5.67. The topological polar surface area (TPSA) is 71.7 Å². The molecule has 0 fully saturated rings. The number of ether oxygens (including phenoxy) is 1. The SMILES string of the molecule is CC1(C)COCC[C@@H](C(=O)O)Cc2c1n(-c1ccc(F)cc1)c1cccc(O)c21. The zero-order valence-electron chi connectivity index (χ0n) is 16.5. The van der Waals surface area contributed by atoms with Crippen LogP contribution >= 0.6 is 0 Å². The maximum Gasteiger partial charge on any atom is 0.306 e. The minimum Gasteiger partial charge on any atom is -0.507 e. The highest BCUT2D eigenvalue weighted by atomic mass is 19.1. The van der Waals surface area contributed by atoms with Crippen LogP contribution in [0.15, 0.2) is 42.5 Å². The molecule has 0 amide bonds. The van der Waals surface area contributed by atoms with Gasteiger partial charge < -0.3 is 19.5 Å². The van der Waals surface area contributed by atoms with E-state index >= 15 is 0 Å². The average Bonchev–Trinajstić information content (AvgIpc) is 3.02. The van der Waals surface area contributed by atoms with Crippen molar-refractivity contribution < 1.29 is 24.1 Å². The lowest BCUT2D eigenvalue weighted by Gasteiger charge is -2.28. The van der Waals surface area contributed by atoms with Gasteiger partial charge in [-0.15, -0.1) is 0 Å². The molecule has 2 aromatic carbocycles. The monoisotopic (exact) mass is 397 g/mol. The fourth-order valence-electron chi connectivity index (χ4n) is 4.35. The van der Waals surface area contributed by atoms with E-state index in [2.05, 4.69) is 0 Å². The molecule has 4 rings (SSSR count). The fraction of sp³-hybridized carbons (Fsp3) is 0.348. The van der Waals surface area contributed by atoms with Gasteiger partial charge in [0, 0.05) is 28.8 Å². The van der Waals surface area contributed by atoms with Crippen molar-refractivity contribution in [3.05, 3.63) is 59.5 Å². The van der Waals surface area contributed by atoms with E-state index in [0.29, 0.717) is 31.4 Å². The molecule has 5 nitrogen and oxygen atoms in total. The molecule has 1 aliphatic heterocycles. The number of aliphatic carboxylic acids is 1. The van der Waals surface area contributed by atoms with Gasteiger partial charge >= 0.3 is 5.97 Å². The van der Waals surface area contributed by atoms with E-state index in [4.69, 9.17) is 4.74 Å². The largest absolute Gasteiger partial charge is 0.507 e. The minimum absolute atomic E-state index is 0.111. The Kier molecular flexibility index (Phi) is 4.82. The normalized spacial score (nSPS) is 19.2. The van der Waals surface area contributed by atoms with Crippen molar-refractivity contribution in [2.75, 3.05) is 13.2 Å². The van der Waals surface area contributed by atoms with Gasteiger partial charge in [-0.1, -0.05) is 19.9 Å². The molecule has 29 heavy (non-hydrogen) atoms. The highest BCUT2D eigenvalue weighted by molar-refractivity contribution is 5.93. The summed E-state index contributed by atoms with van der Waals surface area (Å²) in [5.74, 6) is -1.71. The molecular weight excluding hydrogens is 373 g/mol. The van der Waals surface area contributed by atoms with Crippen molar-refractivity contribution in [3.63, 3.8) is 0 Å². The number of phenols is 1. The number of rotatable bonds is 2. The molecule has 0 unspecified atom stereocenters. The van der Waals surface area contributed by atoms with Crippen LogP contribution in [0.25, 0.3) is 16.6 Å². The second kappa shape index (κ2) is 7.19. The summed E-state index contributed by atoms with van der Waals surface area (Å²) in [5, 5.41) is 21.1. The Morgan fingerprint density at radius 1 is 1.21 bits per heavy atom. The standard InChI is InChI=1S/C23H24FNO4/c1-23(2)13-29-11-10-14(22(27)28)12-17-20-18(4-3-5-19(20)26)25(21(17)23)16-8-6-15(24)7-9-16/h3-9,14,26H,10-13H2,1-2H3,(H,27,28)/t14-/m1/s1. The summed E-state index contributed by atoms with van der Waals surface area (Å²) in [5.41, 5.74) is 2.75. The van der Waals surface area contributed by atoms with Crippen LogP contribution < -0.4 is 0 Å². The van der Waals surface area contributed by atoms with Gasteiger partial charge in [0.15, 0.2) is 0 Å². The number of phenolic OH excluding ortho intramolecular Hbond substituents is 1. The van der Waals surface area contributed by atoms with Crippen LogP contribution in [0, 0.1) is 11.7 Å². The molecule has 2 heterocycles. The molecule has 1 aliphatic rings. The molecule has 0 saturated heterocycles.